The van der Waals surface area contributed by atoms with Gasteiger partial charge in [0.1, 0.15) is 6.61 Å². The van der Waals surface area contributed by atoms with Crippen molar-refractivity contribution in [3.05, 3.63) is 35.4 Å². The summed E-state index contributed by atoms with van der Waals surface area (Å²) >= 11 is 0. The number of nitrogens with one attached hydrogen (secondary N) is 1. The van der Waals surface area contributed by atoms with Gasteiger partial charge in [0.05, 0.1) is 13.2 Å². The number of likely N-dealkylation sites (tertiary alicyclic amines) is 1. The molecule has 1 unspecified atom stereocenters. The minimum Gasteiger partial charge on any atom is -0.480 e. The molecule has 3 amide bonds. The van der Waals surface area contributed by atoms with Gasteiger partial charge in [-0.2, -0.15) is 15.0 Å². The average molecular weight is 512 g/mol. The van der Waals surface area contributed by atoms with Gasteiger partial charge in [-0.05, 0) is 11.1 Å². The van der Waals surface area contributed by atoms with Gasteiger partial charge in [-0.15, -0.1) is 0 Å². The molecule has 37 heavy (non-hydrogen) atoms. The van der Waals surface area contributed by atoms with E-state index in [0.29, 0.717) is 18.8 Å². The van der Waals surface area contributed by atoms with E-state index in [1.54, 1.807) is 14.0 Å². The standard InChI is InChI=1S/C24H29N7O6/c1-14-11-18(33)30(22(14)34)8-7-17(32)26-12-15-3-5-16(6-4-15)13-31-21-19(27-24(31)35)20(25)28-23(29-21)37-10-9-36-2/h3-6,14H,7-13H2,1-2H3,(H,26,32)(H,27,35)(H2,25,28,29). The van der Waals surface area contributed by atoms with E-state index >= 15 is 0 Å². The molecule has 4 N–H and O–H groups in total. The third-order valence-electron chi connectivity index (χ3n) is 5.98. The molecule has 1 aliphatic heterocycles. The molecule has 13 nitrogen and oxygen atoms in total. The molecule has 1 aliphatic rings. The zero-order chi connectivity index (χ0) is 26.5. The van der Waals surface area contributed by atoms with Gasteiger partial charge in [0, 0.05) is 39.0 Å². The monoisotopic (exact) mass is 511 g/mol. The highest BCUT2D eigenvalue weighted by molar-refractivity contribution is 6.03. The summed E-state index contributed by atoms with van der Waals surface area (Å²) in [6.45, 7) is 2.95. The van der Waals surface area contributed by atoms with E-state index in [-0.39, 0.29) is 79.5 Å². The summed E-state index contributed by atoms with van der Waals surface area (Å²) in [7, 11) is 1.55. The summed E-state index contributed by atoms with van der Waals surface area (Å²) < 4.78 is 11.9. The van der Waals surface area contributed by atoms with Gasteiger partial charge in [-0.3, -0.25) is 23.9 Å². The SMILES string of the molecule is COCCOc1nc(N)c2nc(O)n(Cc3ccc(CNC(=O)CCN4C(=O)CC(C)C4=O)cc3)c2n1. The quantitative estimate of drug-likeness (QED) is 0.244. The Balaban J connectivity index is 1.35. The van der Waals surface area contributed by atoms with E-state index in [9.17, 15) is 19.5 Å². The molecular weight excluding hydrogens is 482 g/mol. The van der Waals surface area contributed by atoms with E-state index in [1.807, 2.05) is 24.3 Å². The number of rotatable bonds is 11. The lowest BCUT2D eigenvalue weighted by molar-refractivity contribution is -0.139. The number of hydrogen-bond donors (Lipinski definition) is 3. The normalized spacial score (nSPS) is 15.5. The zero-order valence-corrected chi connectivity index (χ0v) is 20.6. The number of amides is 3. The van der Waals surface area contributed by atoms with Crippen LogP contribution in [0.4, 0.5) is 5.82 Å². The van der Waals surface area contributed by atoms with Crippen molar-refractivity contribution in [1.29, 1.82) is 0 Å². The third-order valence-corrected chi connectivity index (χ3v) is 5.98. The second-order valence-electron chi connectivity index (χ2n) is 8.73. The number of nitrogen functional groups attached to an aromatic ring is 1. The molecule has 1 saturated heterocycles. The first-order valence-electron chi connectivity index (χ1n) is 11.8. The number of benzene rings is 1. The molecular formula is C24H29N7O6. The number of carbonyl (C=O) groups excluding carboxylic acids is 3. The zero-order valence-electron chi connectivity index (χ0n) is 20.6. The van der Waals surface area contributed by atoms with Gasteiger partial charge in [0.25, 0.3) is 6.01 Å². The van der Waals surface area contributed by atoms with Crippen LogP contribution in [0.5, 0.6) is 12.0 Å². The maximum absolute atomic E-state index is 12.2. The van der Waals surface area contributed by atoms with Crippen molar-refractivity contribution in [1.82, 2.24) is 29.7 Å². The molecule has 0 bridgehead atoms. The van der Waals surface area contributed by atoms with Crippen molar-refractivity contribution in [2.24, 2.45) is 5.92 Å². The fourth-order valence-electron chi connectivity index (χ4n) is 3.95. The Hall–Kier alpha value is -4.26. The Morgan fingerprint density at radius 3 is 2.57 bits per heavy atom. The number of nitrogens with zero attached hydrogens (tertiary/aromatic N) is 5. The predicted octanol–water partition coefficient (Wildman–Crippen LogP) is 0.589. The van der Waals surface area contributed by atoms with Crippen LogP contribution in [0.1, 0.15) is 30.9 Å². The van der Waals surface area contributed by atoms with Gasteiger partial charge in [-0.25, -0.2) is 0 Å². The molecule has 0 aliphatic carbocycles. The molecule has 4 rings (SSSR count). The van der Waals surface area contributed by atoms with Crippen LogP contribution < -0.4 is 15.8 Å². The van der Waals surface area contributed by atoms with E-state index in [2.05, 4.69) is 20.3 Å². The number of anilines is 1. The number of ether oxygens (including phenoxy) is 2. The number of methoxy groups -OCH3 is 1. The number of hydrogen-bond acceptors (Lipinski definition) is 10. The number of aromatic nitrogens is 4. The predicted molar refractivity (Wildman–Crippen MR) is 131 cm³/mol. The first-order chi connectivity index (χ1) is 17.8. The lowest BCUT2D eigenvalue weighted by Crippen LogP contribution is -2.34. The summed E-state index contributed by atoms with van der Waals surface area (Å²) in [4.78, 5) is 49.6. The molecule has 1 aromatic carbocycles. The topological polar surface area (TPSA) is 175 Å². The molecule has 196 valence electrons. The number of aromatic hydroxyl groups is 1. The Bertz CT molecular complexity index is 1310. The Morgan fingerprint density at radius 1 is 1.16 bits per heavy atom. The Morgan fingerprint density at radius 2 is 1.89 bits per heavy atom. The molecule has 1 fully saturated rings. The van der Waals surface area contributed by atoms with Crippen molar-refractivity contribution < 1.29 is 29.0 Å². The fourth-order valence-corrected chi connectivity index (χ4v) is 3.95. The van der Waals surface area contributed by atoms with Crippen molar-refractivity contribution in [3.8, 4) is 12.0 Å². The average Bonchev–Trinajstić information content (AvgIpc) is 3.31. The molecule has 3 aromatic rings. The Kier molecular flexibility index (Phi) is 7.82. The van der Waals surface area contributed by atoms with Gasteiger partial charge >= 0.3 is 6.01 Å². The van der Waals surface area contributed by atoms with Crippen molar-refractivity contribution in [3.63, 3.8) is 0 Å². The summed E-state index contributed by atoms with van der Waals surface area (Å²) in [5.41, 5.74) is 8.28. The van der Waals surface area contributed by atoms with Crippen molar-refractivity contribution in [2.75, 3.05) is 32.6 Å². The van der Waals surface area contributed by atoms with E-state index < -0.39 is 0 Å². The highest BCUT2D eigenvalue weighted by atomic mass is 16.5. The first-order valence-corrected chi connectivity index (χ1v) is 11.8. The van der Waals surface area contributed by atoms with Crippen LogP contribution in [0, 0.1) is 5.92 Å². The van der Waals surface area contributed by atoms with Crippen LogP contribution in [0.3, 0.4) is 0 Å². The van der Waals surface area contributed by atoms with Crippen LogP contribution in [-0.2, 0) is 32.2 Å². The molecule has 0 saturated carbocycles. The van der Waals surface area contributed by atoms with Gasteiger partial charge in [-0.1, -0.05) is 31.2 Å². The number of carbonyl (C=O) groups is 3. The number of nitrogens with two attached hydrogens (primary N) is 1. The number of imidazole rings is 1. The van der Waals surface area contributed by atoms with Crippen LogP contribution in [0.25, 0.3) is 11.2 Å². The molecule has 2 aromatic heterocycles. The lowest BCUT2D eigenvalue weighted by Gasteiger charge is -2.14. The van der Waals surface area contributed by atoms with Crippen LogP contribution in [0.2, 0.25) is 0 Å². The molecule has 13 heteroatoms. The summed E-state index contributed by atoms with van der Waals surface area (Å²) in [5.74, 6) is -0.946. The fraction of sp³-hybridized carbons (Fsp3) is 0.417. The Labute approximate surface area is 212 Å². The van der Waals surface area contributed by atoms with Gasteiger partial charge in [0.2, 0.25) is 17.7 Å². The van der Waals surface area contributed by atoms with Gasteiger partial charge in [0.15, 0.2) is 17.0 Å². The molecule has 3 heterocycles. The van der Waals surface area contributed by atoms with Crippen molar-refractivity contribution in [2.45, 2.75) is 32.9 Å². The summed E-state index contributed by atoms with van der Waals surface area (Å²) in [6.07, 6.45) is 0.251. The molecule has 0 radical (unpaired) electrons. The van der Waals surface area contributed by atoms with E-state index in [1.165, 1.54) is 4.57 Å². The largest absolute Gasteiger partial charge is 0.480 e. The highest BCUT2D eigenvalue weighted by Gasteiger charge is 2.35. The summed E-state index contributed by atoms with van der Waals surface area (Å²) in [5, 5.41) is 13.2. The second kappa shape index (κ2) is 11.2. The van der Waals surface area contributed by atoms with Crippen LogP contribution in [-0.4, -0.2) is 74.1 Å². The van der Waals surface area contributed by atoms with Gasteiger partial charge < -0.3 is 25.6 Å². The highest BCUT2D eigenvalue weighted by Crippen LogP contribution is 2.26. The smallest absolute Gasteiger partial charge is 0.320 e. The maximum atomic E-state index is 12.2. The number of imide groups is 1. The molecule has 0 spiro atoms. The summed E-state index contributed by atoms with van der Waals surface area (Å²) in [6, 6.07) is 7.22. The first kappa shape index (κ1) is 25.8. The molecule has 1 atom stereocenters. The minimum atomic E-state index is -0.322. The van der Waals surface area contributed by atoms with Crippen LogP contribution >= 0.6 is 0 Å². The van der Waals surface area contributed by atoms with E-state index in [0.717, 1.165) is 16.0 Å². The second-order valence-corrected chi connectivity index (χ2v) is 8.73. The van der Waals surface area contributed by atoms with E-state index in [4.69, 9.17) is 15.2 Å². The third kappa shape index (κ3) is 5.94. The van der Waals surface area contributed by atoms with Crippen molar-refractivity contribution >= 4 is 34.7 Å². The number of fused-ring (bicyclic) bond motifs is 1. The lowest BCUT2D eigenvalue weighted by atomic mass is 10.1. The van der Waals surface area contributed by atoms with Crippen LogP contribution in [0.15, 0.2) is 24.3 Å². The minimum absolute atomic E-state index is 0.0530. The maximum Gasteiger partial charge on any atom is 0.320 e.